The predicted molar refractivity (Wildman–Crippen MR) is 70.1 cm³/mol. The van der Waals surface area contributed by atoms with Crippen molar-refractivity contribution in [3.05, 3.63) is 21.3 Å². The minimum absolute atomic E-state index is 0.128. The fourth-order valence-electron chi connectivity index (χ4n) is 2.19. The summed E-state index contributed by atoms with van der Waals surface area (Å²) in [5.41, 5.74) is 0. The van der Waals surface area contributed by atoms with Crippen molar-refractivity contribution >= 4 is 28.7 Å². The molecule has 1 aliphatic rings. The largest absolute Gasteiger partial charge is 0.377 e. The van der Waals surface area contributed by atoms with Crippen LogP contribution in [0, 0.1) is 0 Å². The molecule has 94 valence electrons. The highest BCUT2D eigenvalue weighted by molar-refractivity contribution is 7.18. The van der Waals surface area contributed by atoms with Crippen molar-refractivity contribution in [2.24, 2.45) is 0 Å². The molecule has 1 aromatic rings. The van der Waals surface area contributed by atoms with E-state index in [1.54, 1.807) is 12.1 Å². The number of halogens is 1. The fourth-order valence-corrected chi connectivity index (χ4v) is 3.16. The Kier molecular flexibility index (Phi) is 4.20. The van der Waals surface area contributed by atoms with Gasteiger partial charge in [0.25, 0.3) is 0 Å². The average molecular weight is 274 g/mol. The van der Waals surface area contributed by atoms with Crippen LogP contribution in [0.4, 0.5) is 0 Å². The smallest absolute Gasteiger partial charge is 0.186 e. The number of hydrogen-bond donors (Lipinski definition) is 0. The van der Waals surface area contributed by atoms with Gasteiger partial charge in [0.15, 0.2) is 5.78 Å². The lowest BCUT2D eigenvalue weighted by atomic mass is 10.1. The van der Waals surface area contributed by atoms with Crippen LogP contribution < -0.4 is 0 Å². The van der Waals surface area contributed by atoms with Crippen LogP contribution in [0.5, 0.6) is 0 Å². The highest BCUT2D eigenvalue weighted by Gasteiger charge is 2.29. The Bertz CT molecular complexity index is 407. The number of thiophene rings is 1. The number of carbonyl (C=O) groups is 1. The van der Waals surface area contributed by atoms with Gasteiger partial charge in [0.05, 0.1) is 21.9 Å². The van der Waals surface area contributed by atoms with Crippen LogP contribution in [0.3, 0.4) is 0 Å². The van der Waals surface area contributed by atoms with Gasteiger partial charge in [-0.25, -0.2) is 0 Å². The molecule has 17 heavy (non-hydrogen) atoms. The van der Waals surface area contributed by atoms with E-state index >= 15 is 0 Å². The van der Waals surface area contributed by atoms with Gasteiger partial charge in [-0.05, 0) is 32.5 Å². The molecule has 1 aromatic heterocycles. The normalized spacial score (nSPS) is 24.5. The van der Waals surface area contributed by atoms with Gasteiger partial charge in [-0.15, -0.1) is 11.3 Å². The predicted octanol–water partition coefficient (Wildman–Crippen LogP) is 2.69. The summed E-state index contributed by atoms with van der Waals surface area (Å²) < 4.78 is 6.17. The molecule has 2 atom stereocenters. The molecule has 1 saturated heterocycles. The van der Waals surface area contributed by atoms with Gasteiger partial charge in [-0.3, -0.25) is 9.69 Å². The number of ketones is 1. The molecule has 0 radical (unpaired) electrons. The van der Waals surface area contributed by atoms with Crippen molar-refractivity contribution in [2.75, 3.05) is 20.2 Å². The van der Waals surface area contributed by atoms with Crippen LogP contribution >= 0.6 is 22.9 Å². The number of rotatable bonds is 4. The lowest BCUT2D eigenvalue weighted by Crippen LogP contribution is -2.39. The summed E-state index contributed by atoms with van der Waals surface area (Å²) in [6.45, 7) is 3.27. The molecule has 1 aliphatic heterocycles. The Morgan fingerprint density at radius 1 is 1.65 bits per heavy atom. The molecule has 1 fully saturated rings. The molecule has 2 rings (SSSR count). The molecule has 3 nitrogen and oxygen atoms in total. The topological polar surface area (TPSA) is 29.5 Å². The van der Waals surface area contributed by atoms with Crippen molar-refractivity contribution in [1.82, 2.24) is 4.90 Å². The Labute approximate surface area is 110 Å². The van der Waals surface area contributed by atoms with Crippen LogP contribution in [0.15, 0.2) is 12.1 Å². The zero-order chi connectivity index (χ0) is 12.4. The summed E-state index contributed by atoms with van der Waals surface area (Å²) >= 11 is 7.16. The van der Waals surface area contributed by atoms with Gasteiger partial charge in [0.2, 0.25) is 0 Å². The first-order chi connectivity index (χ1) is 8.08. The minimum atomic E-state index is 0.128. The van der Waals surface area contributed by atoms with Crippen molar-refractivity contribution < 1.29 is 9.53 Å². The van der Waals surface area contributed by atoms with Gasteiger partial charge in [0, 0.05) is 12.6 Å². The number of carbonyl (C=O) groups excluding carboxylic acids is 1. The monoisotopic (exact) mass is 273 g/mol. The molecule has 5 heteroatoms. The summed E-state index contributed by atoms with van der Waals surface area (Å²) in [5, 5.41) is 0. The second-order valence-corrected chi connectivity index (χ2v) is 6.09. The van der Waals surface area contributed by atoms with E-state index in [9.17, 15) is 4.79 Å². The highest BCUT2D eigenvalue weighted by Crippen LogP contribution is 2.23. The number of likely N-dealkylation sites (N-methyl/N-ethyl adjacent to an activating group) is 1. The fraction of sp³-hybridized carbons (Fsp3) is 0.583. The van der Waals surface area contributed by atoms with Crippen molar-refractivity contribution in [2.45, 2.75) is 25.5 Å². The number of hydrogen-bond acceptors (Lipinski definition) is 4. The maximum atomic E-state index is 12.0. The molecule has 0 amide bonds. The van der Waals surface area contributed by atoms with Gasteiger partial charge in [-0.2, -0.15) is 0 Å². The van der Waals surface area contributed by atoms with Crippen LogP contribution in [-0.4, -0.2) is 43.0 Å². The first-order valence-electron chi connectivity index (χ1n) is 5.68. The highest BCUT2D eigenvalue weighted by atomic mass is 35.5. The van der Waals surface area contributed by atoms with E-state index in [1.807, 2.05) is 7.05 Å². The van der Waals surface area contributed by atoms with Gasteiger partial charge < -0.3 is 4.74 Å². The zero-order valence-electron chi connectivity index (χ0n) is 9.98. The zero-order valence-corrected chi connectivity index (χ0v) is 11.6. The van der Waals surface area contributed by atoms with E-state index in [-0.39, 0.29) is 11.9 Å². The second-order valence-electron chi connectivity index (χ2n) is 4.37. The maximum Gasteiger partial charge on any atom is 0.186 e. The van der Waals surface area contributed by atoms with E-state index in [1.165, 1.54) is 11.3 Å². The summed E-state index contributed by atoms with van der Waals surface area (Å²) in [6, 6.07) is 3.90. The van der Waals surface area contributed by atoms with Gasteiger partial charge >= 0.3 is 0 Å². The Hall–Kier alpha value is -0.420. The van der Waals surface area contributed by atoms with Crippen molar-refractivity contribution in [3.63, 3.8) is 0 Å². The molecule has 0 saturated carbocycles. The van der Waals surface area contributed by atoms with Crippen LogP contribution in [-0.2, 0) is 4.74 Å². The number of Topliss-reactive ketones (excluding diaryl/α,β-unsaturated/α-hetero) is 1. The Morgan fingerprint density at radius 2 is 2.41 bits per heavy atom. The summed E-state index contributed by atoms with van der Waals surface area (Å²) in [5.74, 6) is 0.128. The lowest BCUT2D eigenvalue weighted by Gasteiger charge is -2.25. The Balaban J connectivity index is 1.94. The van der Waals surface area contributed by atoms with Crippen molar-refractivity contribution in [3.8, 4) is 0 Å². The SMILES string of the molecule is CC1OCCC1N(C)CC(=O)c1ccc(Cl)s1. The third-order valence-corrected chi connectivity index (χ3v) is 4.42. The third-order valence-electron chi connectivity index (χ3n) is 3.14. The molecule has 0 spiro atoms. The molecule has 0 bridgehead atoms. The molecule has 2 unspecified atom stereocenters. The summed E-state index contributed by atoms with van der Waals surface area (Å²) in [7, 11) is 1.98. The van der Waals surface area contributed by atoms with Crippen molar-refractivity contribution in [1.29, 1.82) is 0 Å². The standard InChI is InChI=1S/C12H16ClNO2S/c1-8-9(5-6-16-8)14(2)7-10(15)11-3-4-12(13)17-11/h3-4,8-9H,5-7H2,1-2H3. The van der Waals surface area contributed by atoms with Crippen LogP contribution in [0.2, 0.25) is 4.34 Å². The first kappa shape index (κ1) is 13.0. The number of nitrogens with zero attached hydrogens (tertiary/aromatic N) is 1. The maximum absolute atomic E-state index is 12.0. The van der Waals surface area contributed by atoms with E-state index in [0.717, 1.165) is 17.9 Å². The van der Waals surface area contributed by atoms with E-state index in [4.69, 9.17) is 16.3 Å². The Morgan fingerprint density at radius 3 is 2.94 bits per heavy atom. The van der Waals surface area contributed by atoms with E-state index < -0.39 is 0 Å². The molecular formula is C12H16ClNO2S. The third kappa shape index (κ3) is 3.07. The average Bonchev–Trinajstić information content (AvgIpc) is 2.86. The molecule has 0 aliphatic carbocycles. The number of ether oxygens (including phenoxy) is 1. The molecule has 0 aromatic carbocycles. The van der Waals surface area contributed by atoms with Crippen LogP contribution in [0.1, 0.15) is 23.0 Å². The molecule has 0 N–H and O–H groups in total. The first-order valence-corrected chi connectivity index (χ1v) is 6.88. The molecule has 2 heterocycles. The van der Waals surface area contributed by atoms with Gasteiger partial charge in [0.1, 0.15) is 0 Å². The quantitative estimate of drug-likeness (QED) is 0.790. The van der Waals surface area contributed by atoms with E-state index in [0.29, 0.717) is 16.9 Å². The second kappa shape index (κ2) is 5.48. The summed E-state index contributed by atoms with van der Waals surface area (Å²) in [6.07, 6.45) is 1.20. The van der Waals surface area contributed by atoms with Gasteiger partial charge in [-0.1, -0.05) is 11.6 Å². The lowest BCUT2D eigenvalue weighted by molar-refractivity contribution is 0.0748. The summed E-state index contributed by atoms with van der Waals surface area (Å²) in [4.78, 5) is 14.8. The minimum Gasteiger partial charge on any atom is -0.377 e. The van der Waals surface area contributed by atoms with Crippen LogP contribution in [0.25, 0.3) is 0 Å². The molecular weight excluding hydrogens is 258 g/mol. The van der Waals surface area contributed by atoms with E-state index in [2.05, 4.69) is 11.8 Å².